The normalized spacial score (nSPS) is 18.7. The summed E-state index contributed by atoms with van der Waals surface area (Å²) >= 11 is 0. The maximum atomic E-state index is 12.1. The minimum Gasteiger partial charge on any atom is -0.409 e. The number of hydrogen-bond acceptors (Lipinski definition) is 4. The Balaban J connectivity index is 1.95. The van der Waals surface area contributed by atoms with Crippen LogP contribution in [0.5, 0.6) is 0 Å². The van der Waals surface area contributed by atoms with Gasteiger partial charge in [0, 0.05) is 25.8 Å². The Morgan fingerprint density at radius 1 is 1.57 bits per heavy atom. The fourth-order valence-corrected chi connectivity index (χ4v) is 2.40. The Labute approximate surface area is 124 Å². The van der Waals surface area contributed by atoms with Gasteiger partial charge in [0.25, 0.3) is 0 Å². The van der Waals surface area contributed by atoms with Gasteiger partial charge in [-0.05, 0) is 24.5 Å². The molecule has 1 unspecified atom stereocenters. The van der Waals surface area contributed by atoms with Crippen molar-refractivity contribution in [2.24, 2.45) is 10.9 Å². The lowest BCUT2D eigenvalue weighted by Crippen LogP contribution is -2.29. The highest BCUT2D eigenvalue weighted by atomic mass is 16.5. The highest BCUT2D eigenvalue weighted by molar-refractivity contribution is 5.97. The van der Waals surface area contributed by atoms with Gasteiger partial charge in [0.05, 0.1) is 12.5 Å². The molecule has 1 aromatic carbocycles. The second-order valence-electron chi connectivity index (χ2n) is 5.27. The molecule has 0 saturated carbocycles. The van der Waals surface area contributed by atoms with Gasteiger partial charge in [0.1, 0.15) is 0 Å². The minimum atomic E-state index is 0.0588. The molecule has 1 heterocycles. The van der Waals surface area contributed by atoms with Crippen LogP contribution in [0.1, 0.15) is 30.4 Å². The molecule has 1 amide bonds. The average molecular weight is 291 g/mol. The molecule has 6 heteroatoms. The van der Waals surface area contributed by atoms with Crippen LogP contribution in [0, 0.1) is 0 Å². The van der Waals surface area contributed by atoms with Gasteiger partial charge in [-0.1, -0.05) is 23.4 Å². The summed E-state index contributed by atoms with van der Waals surface area (Å²) in [6.45, 7) is 1.24. The van der Waals surface area contributed by atoms with Crippen LogP contribution in [0.15, 0.2) is 29.4 Å². The van der Waals surface area contributed by atoms with Crippen LogP contribution >= 0.6 is 0 Å². The molecule has 3 N–H and O–H groups in total. The molecule has 1 saturated heterocycles. The minimum absolute atomic E-state index is 0.0588. The molecular weight excluding hydrogens is 270 g/mol. The molecule has 0 bridgehead atoms. The van der Waals surface area contributed by atoms with Crippen molar-refractivity contribution in [2.45, 2.75) is 31.9 Å². The zero-order valence-electron chi connectivity index (χ0n) is 12.2. The molecule has 0 aromatic heterocycles. The Morgan fingerprint density at radius 3 is 3.05 bits per heavy atom. The van der Waals surface area contributed by atoms with Gasteiger partial charge in [-0.15, -0.1) is 0 Å². The first-order chi connectivity index (χ1) is 10.1. The van der Waals surface area contributed by atoms with Crippen molar-refractivity contribution < 1.29 is 14.7 Å². The molecule has 21 heavy (non-hydrogen) atoms. The molecule has 1 aliphatic rings. The van der Waals surface area contributed by atoms with Crippen molar-refractivity contribution in [1.82, 2.24) is 4.90 Å². The molecule has 1 aromatic rings. The number of carbonyl (C=O) groups is 1. The maximum Gasteiger partial charge on any atom is 0.225 e. The number of amides is 1. The summed E-state index contributed by atoms with van der Waals surface area (Å²) in [5.74, 6) is 0.126. The molecule has 0 radical (unpaired) electrons. The molecule has 0 aliphatic carbocycles. The third-order valence-electron chi connectivity index (χ3n) is 3.60. The Kier molecular flexibility index (Phi) is 5.16. The predicted molar refractivity (Wildman–Crippen MR) is 79.0 cm³/mol. The lowest BCUT2D eigenvalue weighted by atomic mass is 10.1. The first-order valence-corrected chi connectivity index (χ1v) is 7.02. The SMILES string of the molecule is CN(Cc1cccc(C(N)=NO)c1)C(=O)CC1CCCO1. The third kappa shape index (κ3) is 4.19. The number of carbonyl (C=O) groups excluding carboxylic acids is 1. The number of nitrogens with two attached hydrogens (primary N) is 1. The van der Waals surface area contributed by atoms with E-state index < -0.39 is 0 Å². The van der Waals surface area contributed by atoms with Gasteiger partial charge < -0.3 is 20.6 Å². The molecule has 1 atom stereocenters. The van der Waals surface area contributed by atoms with E-state index in [0.717, 1.165) is 25.0 Å². The van der Waals surface area contributed by atoms with E-state index in [4.69, 9.17) is 15.7 Å². The van der Waals surface area contributed by atoms with Crippen LogP contribution in [-0.2, 0) is 16.1 Å². The lowest BCUT2D eigenvalue weighted by Gasteiger charge is -2.19. The predicted octanol–water partition coefficient (Wildman–Crippen LogP) is 1.31. The highest BCUT2D eigenvalue weighted by Gasteiger charge is 2.21. The summed E-state index contributed by atoms with van der Waals surface area (Å²) in [6.07, 6.45) is 2.47. The van der Waals surface area contributed by atoms with Gasteiger partial charge in [-0.25, -0.2) is 0 Å². The van der Waals surface area contributed by atoms with E-state index in [2.05, 4.69) is 5.16 Å². The zero-order valence-corrected chi connectivity index (χ0v) is 12.2. The number of benzene rings is 1. The summed E-state index contributed by atoms with van der Waals surface area (Å²) < 4.78 is 5.48. The maximum absolute atomic E-state index is 12.1. The van der Waals surface area contributed by atoms with E-state index in [1.807, 2.05) is 18.2 Å². The van der Waals surface area contributed by atoms with Crippen molar-refractivity contribution in [2.75, 3.05) is 13.7 Å². The van der Waals surface area contributed by atoms with Crippen LogP contribution in [0.3, 0.4) is 0 Å². The second kappa shape index (κ2) is 7.08. The highest BCUT2D eigenvalue weighted by Crippen LogP contribution is 2.17. The number of oxime groups is 1. The smallest absolute Gasteiger partial charge is 0.225 e. The van der Waals surface area contributed by atoms with E-state index in [1.54, 1.807) is 18.0 Å². The van der Waals surface area contributed by atoms with Gasteiger partial charge in [-0.3, -0.25) is 4.79 Å². The largest absolute Gasteiger partial charge is 0.409 e. The van der Waals surface area contributed by atoms with Gasteiger partial charge in [-0.2, -0.15) is 0 Å². The Morgan fingerprint density at radius 2 is 2.38 bits per heavy atom. The quantitative estimate of drug-likeness (QED) is 0.370. The number of hydrogen-bond donors (Lipinski definition) is 2. The number of nitrogens with zero attached hydrogens (tertiary/aromatic N) is 2. The first-order valence-electron chi connectivity index (χ1n) is 7.02. The first kappa shape index (κ1) is 15.3. The molecule has 6 nitrogen and oxygen atoms in total. The summed E-state index contributed by atoms with van der Waals surface area (Å²) in [4.78, 5) is 13.8. The van der Waals surface area contributed by atoms with E-state index in [0.29, 0.717) is 18.5 Å². The van der Waals surface area contributed by atoms with Gasteiger partial charge in [0.15, 0.2) is 5.84 Å². The van der Waals surface area contributed by atoms with Gasteiger partial charge in [0.2, 0.25) is 5.91 Å². The van der Waals surface area contributed by atoms with Crippen molar-refractivity contribution in [3.8, 4) is 0 Å². The summed E-state index contributed by atoms with van der Waals surface area (Å²) in [5, 5.41) is 11.7. The standard InChI is InChI=1S/C15H21N3O3/c1-18(14(19)9-13-6-3-7-21-13)10-11-4-2-5-12(8-11)15(16)17-20/h2,4-5,8,13,20H,3,6-7,9-10H2,1H3,(H2,16,17). The number of rotatable bonds is 5. The monoisotopic (exact) mass is 291 g/mol. The second-order valence-corrected chi connectivity index (χ2v) is 5.27. The molecule has 0 spiro atoms. The van der Waals surface area contributed by atoms with E-state index >= 15 is 0 Å². The molecular formula is C15H21N3O3. The topological polar surface area (TPSA) is 88.1 Å². The van der Waals surface area contributed by atoms with Crippen molar-refractivity contribution in [3.63, 3.8) is 0 Å². The van der Waals surface area contributed by atoms with Crippen LogP contribution in [0.25, 0.3) is 0 Å². The summed E-state index contributed by atoms with van der Waals surface area (Å²) in [7, 11) is 1.77. The number of amidine groups is 1. The Hall–Kier alpha value is -2.08. The van der Waals surface area contributed by atoms with Gasteiger partial charge >= 0.3 is 0 Å². The van der Waals surface area contributed by atoms with Crippen molar-refractivity contribution in [3.05, 3.63) is 35.4 Å². The van der Waals surface area contributed by atoms with Crippen LogP contribution in [0.2, 0.25) is 0 Å². The molecule has 114 valence electrons. The van der Waals surface area contributed by atoms with E-state index in [1.165, 1.54) is 0 Å². The van der Waals surface area contributed by atoms with Crippen LogP contribution < -0.4 is 5.73 Å². The zero-order chi connectivity index (χ0) is 15.2. The summed E-state index contributed by atoms with van der Waals surface area (Å²) in [6, 6.07) is 7.29. The van der Waals surface area contributed by atoms with Crippen LogP contribution in [0.4, 0.5) is 0 Å². The van der Waals surface area contributed by atoms with Crippen molar-refractivity contribution >= 4 is 11.7 Å². The summed E-state index contributed by atoms with van der Waals surface area (Å²) in [5.41, 5.74) is 7.13. The van der Waals surface area contributed by atoms with E-state index in [9.17, 15) is 4.79 Å². The fraction of sp³-hybridized carbons (Fsp3) is 0.467. The van der Waals surface area contributed by atoms with Crippen molar-refractivity contribution in [1.29, 1.82) is 0 Å². The molecule has 2 rings (SSSR count). The van der Waals surface area contributed by atoms with Crippen LogP contribution in [-0.4, -0.2) is 41.6 Å². The average Bonchev–Trinajstić information content (AvgIpc) is 2.99. The van der Waals surface area contributed by atoms with E-state index in [-0.39, 0.29) is 17.8 Å². The Bertz CT molecular complexity index is 525. The molecule has 1 aliphatic heterocycles. The third-order valence-corrected chi connectivity index (χ3v) is 3.60. The lowest BCUT2D eigenvalue weighted by molar-refractivity contribution is -0.132. The fourth-order valence-electron chi connectivity index (χ4n) is 2.40. The molecule has 1 fully saturated rings. The number of ether oxygens (including phenoxy) is 1.